The summed E-state index contributed by atoms with van der Waals surface area (Å²) in [6, 6.07) is 13.3. The predicted molar refractivity (Wildman–Crippen MR) is 109 cm³/mol. The van der Waals surface area contributed by atoms with Crippen molar-refractivity contribution in [3.63, 3.8) is 0 Å². The summed E-state index contributed by atoms with van der Waals surface area (Å²) in [5, 5.41) is 15.8. The van der Waals surface area contributed by atoms with Crippen molar-refractivity contribution in [3.8, 4) is 12.1 Å². The number of halogens is 1. The van der Waals surface area contributed by atoms with Crippen LogP contribution in [0.3, 0.4) is 0 Å². The molecule has 2 amide bonds. The predicted octanol–water partition coefficient (Wildman–Crippen LogP) is 3.27. The molecule has 0 spiro atoms. The van der Waals surface area contributed by atoms with E-state index in [0.717, 1.165) is 34.9 Å². The van der Waals surface area contributed by atoms with E-state index in [4.69, 9.17) is 4.52 Å². The maximum atomic E-state index is 13.4. The minimum atomic E-state index is -0.669. The third kappa shape index (κ3) is 3.24. The molecule has 0 unspecified atom stereocenters. The van der Waals surface area contributed by atoms with Crippen LogP contribution >= 0.6 is 0 Å². The van der Waals surface area contributed by atoms with Gasteiger partial charge in [-0.2, -0.15) is 4.90 Å². The molecule has 0 bridgehead atoms. The number of benzene rings is 2. The van der Waals surface area contributed by atoms with Gasteiger partial charge in [0, 0.05) is 54.7 Å². The van der Waals surface area contributed by atoms with Crippen LogP contribution in [0.15, 0.2) is 40.9 Å². The second-order valence-electron chi connectivity index (χ2n) is 7.63. The van der Waals surface area contributed by atoms with Crippen molar-refractivity contribution in [1.29, 1.82) is 0 Å². The molecule has 0 saturated carbocycles. The van der Waals surface area contributed by atoms with E-state index in [1.165, 1.54) is 24.3 Å². The Balaban J connectivity index is 1.28. The largest absolute Gasteiger partial charge is 0.356 e. The van der Waals surface area contributed by atoms with Gasteiger partial charge in [-0.3, -0.25) is 19.7 Å². The van der Waals surface area contributed by atoms with Gasteiger partial charge < -0.3 is 9.42 Å². The zero-order valence-corrected chi connectivity index (χ0v) is 16.6. The number of carbonyl (C=O) groups is 2. The molecule has 2 aromatic carbocycles. The average molecular weight is 434 g/mol. The summed E-state index contributed by atoms with van der Waals surface area (Å²) in [6.45, 7) is 1.17. The lowest BCUT2D eigenvalue weighted by Crippen LogP contribution is -2.31. The minimum Gasteiger partial charge on any atom is -0.356 e. The van der Waals surface area contributed by atoms with Crippen LogP contribution in [0.4, 0.5) is 10.1 Å². The molecule has 0 aliphatic carbocycles. The zero-order chi connectivity index (χ0) is 22.4. The first-order chi connectivity index (χ1) is 15.4. The standard InChI is InChI=1S/C22H15FN4O5/c23-14-1-3-17-19(11-14)32-24-20(17)13-5-7-25(8-6-13)9-10-26-21(28)16-4-2-15(27(30)31)12-18(16)22(26)29/h1-4,11-13H,5-8H2. The van der Waals surface area contributed by atoms with E-state index in [1.807, 2.05) is 4.90 Å². The van der Waals surface area contributed by atoms with Crippen LogP contribution in [0.25, 0.3) is 11.0 Å². The van der Waals surface area contributed by atoms with Gasteiger partial charge in [-0.05, 0) is 31.0 Å². The summed E-state index contributed by atoms with van der Waals surface area (Å²) < 4.78 is 18.6. The molecule has 1 aromatic heterocycles. The molecule has 0 N–H and O–H groups in total. The Kier molecular flexibility index (Phi) is 4.59. The third-order valence-electron chi connectivity index (χ3n) is 5.74. The number of non-ortho nitro benzene ring substituents is 1. The van der Waals surface area contributed by atoms with Gasteiger partial charge in [0.2, 0.25) is 0 Å². The molecule has 3 aromatic rings. The minimum absolute atomic E-state index is 0.0217. The second-order valence-corrected chi connectivity index (χ2v) is 7.63. The molecular formula is C22H15FN4O5. The summed E-state index contributed by atoms with van der Waals surface area (Å²) in [4.78, 5) is 37.9. The number of aromatic nitrogens is 1. The van der Waals surface area contributed by atoms with Crippen LogP contribution in [-0.2, 0) is 0 Å². The highest BCUT2D eigenvalue weighted by atomic mass is 19.1. The molecule has 32 heavy (non-hydrogen) atoms. The number of nitro benzene ring substituents is 1. The molecule has 2 aliphatic heterocycles. The van der Waals surface area contributed by atoms with Gasteiger partial charge in [0.1, 0.15) is 5.82 Å². The highest BCUT2D eigenvalue weighted by molar-refractivity contribution is 6.22. The molecule has 0 radical (unpaired) electrons. The Hall–Kier alpha value is -4.26. The monoisotopic (exact) mass is 434 g/mol. The fourth-order valence-corrected chi connectivity index (χ4v) is 4.05. The van der Waals surface area contributed by atoms with Crippen LogP contribution in [0.5, 0.6) is 0 Å². The number of imide groups is 1. The van der Waals surface area contributed by atoms with E-state index in [-0.39, 0.29) is 28.5 Å². The van der Waals surface area contributed by atoms with Crippen molar-refractivity contribution < 1.29 is 23.4 Å². The zero-order valence-electron chi connectivity index (χ0n) is 16.6. The van der Waals surface area contributed by atoms with Gasteiger partial charge in [0.15, 0.2) is 5.58 Å². The number of likely N-dealkylation sites (tertiary alicyclic amines) is 1. The maximum Gasteiger partial charge on any atom is 0.273 e. The summed E-state index contributed by atoms with van der Waals surface area (Å²) in [5.41, 5.74) is 1.02. The van der Waals surface area contributed by atoms with Gasteiger partial charge in [0.05, 0.1) is 21.7 Å². The molecule has 0 atom stereocenters. The number of rotatable bonds is 2. The highest BCUT2D eigenvalue weighted by Crippen LogP contribution is 2.32. The summed E-state index contributed by atoms with van der Waals surface area (Å²) in [6.07, 6.45) is 1.45. The van der Waals surface area contributed by atoms with Crippen LogP contribution < -0.4 is 0 Å². The van der Waals surface area contributed by atoms with Gasteiger partial charge in [0.25, 0.3) is 17.5 Å². The van der Waals surface area contributed by atoms with Gasteiger partial charge in [-0.15, -0.1) is 0 Å². The summed E-state index contributed by atoms with van der Waals surface area (Å²) in [7, 11) is 0. The maximum absolute atomic E-state index is 13.4. The summed E-state index contributed by atoms with van der Waals surface area (Å²) in [5.74, 6) is -1.52. The molecule has 9 nitrogen and oxygen atoms in total. The van der Waals surface area contributed by atoms with Crippen molar-refractivity contribution in [2.75, 3.05) is 13.1 Å². The Labute approximate surface area is 180 Å². The van der Waals surface area contributed by atoms with Crippen molar-refractivity contribution >= 4 is 28.5 Å². The quantitative estimate of drug-likeness (QED) is 0.263. The van der Waals surface area contributed by atoms with Gasteiger partial charge in [-0.25, -0.2) is 4.39 Å². The van der Waals surface area contributed by atoms with E-state index in [9.17, 15) is 24.1 Å². The molecular weight excluding hydrogens is 419 g/mol. The number of hydrogen-bond donors (Lipinski definition) is 0. The Morgan fingerprint density at radius 3 is 2.56 bits per heavy atom. The average Bonchev–Trinajstić information content (AvgIpc) is 3.31. The third-order valence-corrected chi connectivity index (χ3v) is 5.74. The van der Waals surface area contributed by atoms with Crippen molar-refractivity contribution in [2.24, 2.45) is 0 Å². The fourth-order valence-electron chi connectivity index (χ4n) is 4.05. The topological polar surface area (TPSA) is 110 Å². The van der Waals surface area contributed by atoms with E-state index in [0.29, 0.717) is 18.7 Å². The van der Waals surface area contributed by atoms with E-state index >= 15 is 0 Å². The first kappa shape index (κ1) is 19.7. The van der Waals surface area contributed by atoms with Crippen LogP contribution in [0.1, 0.15) is 45.2 Å². The van der Waals surface area contributed by atoms with Crippen LogP contribution in [-0.4, -0.2) is 44.8 Å². The molecule has 2 aliphatic rings. The lowest BCUT2D eigenvalue weighted by atomic mass is 9.92. The van der Waals surface area contributed by atoms with E-state index in [2.05, 4.69) is 17.2 Å². The molecule has 5 rings (SSSR count). The number of nitrogens with zero attached hydrogens (tertiary/aromatic N) is 4. The first-order valence-electron chi connectivity index (χ1n) is 9.90. The van der Waals surface area contributed by atoms with E-state index < -0.39 is 16.7 Å². The highest BCUT2D eigenvalue weighted by Gasteiger charge is 2.36. The number of piperidine rings is 1. The molecule has 10 heteroatoms. The van der Waals surface area contributed by atoms with Crippen LogP contribution in [0.2, 0.25) is 0 Å². The number of hydrogen-bond acceptors (Lipinski definition) is 7. The Bertz CT molecular complexity index is 1350. The Morgan fingerprint density at radius 1 is 1.06 bits per heavy atom. The first-order valence-corrected chi connectivity index (χ1v) is 9.90. The number of carbonyl (C=O) groups excluding carboxylic acids is 2. The molecule has 1 saturated heterocycles. The fraction of sp³-hybridized carbons (Fsp3) is 0.227. The number of nitro groups is 1. The molecule has 160 valence electrons. The van der Waals surface area contributed by atoms with Crippen LogP contribution in [0, 0.1) is 28.0 Å². The smallest absolute Gasteiger partial charge is 0.273 e. The SMILES string of the molecule is O=C1c2ccc([N+](=O)[O-])cc2C(=O)N1C#CN1CCC(c2noc3cc(F)ccc23)CC1. The summed E-state index contributed by atoms with van der Waals surface area (Å²) >= 11 is 0. The van der Waals surface area contributed by atoms with Crippen molar-refractivity contribution in [1.82, 2.24) is 15.0 Å². The van der Waals surface area contributed by atoms with E-state index in [1.54, 1.807) is 6.07 Å². The number of fused-ring (bicyclic) bond motifs is 2. The second kappa shape index (κ2) is 7.46. The normalized spacial score (nSPS) is 16.3. The van der Waals surface area contributed by atoms with Gasteiger partial charge >= 0.3 is 0 Å². The molecule has 3 heterocycles. The lowest BCUT2D eigenvalue weighted by Gasteiger charge is -2.28. The number of amides is 2. The van der Waals surface area contributed by atoms with Crippen molar-refractivity contribution in [3.05, 3.63) is 69.2 Å². The van der Waals surface area contributed by atoms with Gasteiger partial charge in [-0.1, -0.05) is 5.16 Å². The lowest BCUT2D eigenvalue weighted by molar-refractivity contribution is -0.384. The van der Waals surface area contributed by atoms with Crippen molar-refractivity contribution in [2.45, 2.75) is 18.8 Å². The molecule has 1 fully saturated rings. The Morgan fingerprint density at radius 2 is 1.81 bits per heavy atom.